The predicted octanol–water partition coefficient (Wildman–Crippen LogP) is 4.30. The third-order valence-corrected chi connectivity index (χ3v) is 6.80. The molecule has 1 unspecified atom stereocenters. The van der Waals surface area contributed by atoms with Gasteiger partial charge < -0.3 is 20.1 Å². The number of aromatic nitrogens is 5. The minimum atomic E-state index is -1.15. The predicted molar refractivity (Wildman–Crippen MR) is 128 cm³/mol. The molecule has 3 N–H and O–H groups in total. The lowest BCUT2D eigenvalue weighted by atomic mass is 9.91. The second-order valence-corrected chi connectivity index (χ2v) is 9.11. The molecule has 174 valence electrons. The van der Waals surface area contributed by atoms with Gasteiger partial charge in [-0.3, -0.25) is 4.79 Å². The Bertz CT molecular complexity index is 1460. The van der Waals surface area contributed by atoms with Crippen LogP contribution in [0.25, 0.3) is 44.7 Å². The van der Waals surface area contributed by atoms with E-state index in [1.54, 1.807) is 4.68 Å². The first kappa shape index (κ1) is 22.1. The summed E-state index contributed by atoms with van der Waals surface area (Å²) in [6, 6.07) is 8.79. The number of H-pyrrole nitrogens is 1. The van der Waals surface area contributed by atoms with Crippen molar-refractivity contribution < 1.29 is 19.4 Å². The number of amides is 1. The fourth-order valence-electron chi connectivity index (χ4n) is 4.30. The number of hydrogen-bond acceptors (Lipinski definition) is 6. The summed E-state index contributed by atoms with van der Waals surface area (Å²) in [5, 5.41) is 24.7. The lowest BCUT2D eigenvalue weighted by molar-refractivity contribution is -0.138. The number of hydrogen-bond donors (Lipinski definition) is 3. The van der Waals surface area contributed by atoms with Gasteiger partial charge in [0.15, 0.2) is 5.82 Å². The zero-order valence-electron chi connectivity index (χ0n) is 18.6. The first-order chi connectivity index (χ1) is 16.3. The van der Waals surface area contributed by atoms with E-state index in [1.165, 1.54) is 6.92 Å². The number of aromatic amines is 1. The van der Waals surface area contributed by atoms with Crippen molar-refractivity contribution in [3.63, 3.8) is 0 Å². The number of ether oxygens (including phenoxy) is 1. The van der Waals surface area contributed by atoms with Crippen molar-refractivity contribution in [2.75, 3.05) is 6.61 Å². The van der Waals surface area contributed by atoms with Gasteiger partial charge in [-0.2, -0.15) is 0 Å². The first-order valence-electron chi connectivity index (χ1n) is 10.7. The van der Waals surface area contributed by atoms with Crippen LogP contribution in [0.15, 0.2) is 34.8 Å². The van der Waals surface area contributed by atoms with E-state index < -0.39 is 24.1 Å². The molecule has 11 heteroatoms. The third-order valence-electron chi connectivity index (χ3n) is 6.01. The van der Waals surface area contributed by atoms with Gasteiger partial charge in [-0.05, 0) is 69.9 Å². The number of aliphatic carboxylic acids is 1. The number of carboxylic acid groups (broad SMARTS) is 1. The third kappa shape index (κ3) is 3.43. The summed E-state index contributed by atoms with van der Waals surface area (Å²) in [7, 11) is 0. The van der Waals surface area contributed by atoms with Crippen molar-refractivity contribution in [2.45, 2.75) is 32.9 Å². The van der Waals surface area contributed by atoms with Crippen molar-refractivity contribution in [1.82, 2.24) is 30.5 Å². The van der Waals surface area contributed by atoms with E-state index in [0.29, 0.717) is 5.82 Å². The first-order valence-corrected chi connectivity index (χ1v) is 11.5. The topological polar surface area (TPSA) is 135 Å². The monoisotopic (exact) mass is 524 g/mol. The Labute approximate surface area is 202 Å². The molecule has 4 bridgehead atoms. The smallest absolute Gasteiger partial charge is 0.407 e. The molecule has 2 aromatic carbocycles. The standard InChI is InChI=1S/C23H21BrN6O4/c1-10-7-8-15-18-16(10)13-5-4-6-14(20(26-15)19(18)24)17(13)21-27-28-29-30(21)11(2)9-34-23(33)25-12(3)22(31)32/h4-8,11-12,26H,9H2,1-3H3,(H,25,33)(H,31,32)/t11?,12-/m0/s1. The highest BCUT2D eigenvalue weighted by Crippen LogP contribution is 2.50. The second-order valence-electron chi connectivity index (χ2n) is 8.32. The van der Waals surface area contributed by atoms with Gasteiger partial charge in [-0.15, -0.1) is 5.10 Å². The summed E-state index contributed by atoms with van der Waals surface area (Å²) in [5.41, 5.74) is 7.05. The average molecular weight is 525 g/mol. The van der Waals surface area contributed by atoms with Gasteiger partial charge in [0.05, 0.1) is 16.2 Å². The Morgan fingerprint density at radius 2 is 1.97 bits per heavy atom. The number of alkyl carbamates (subject to hydrolysis) is 1. The molecule has 34 heavy (non-hydrogen) atoms. The van der Waals surface area contributed by atoms with Gasteiger partial charge in [0.25, 0.3) is 0 Å². The van der Waals surface area contributed by atoms with E-state index in [4.69, 9.17) is 9.84 Å². The van der Waals surface area contributed by atoms with Crippen LogP contribution in [0, 0.1) is 6.92 Å². The molecule has 2 heterocycles. The molecule has 0 saturated heterocycles. The Morgan fingerprint density at radius 3 is 2.74 bits per heavy atom. The number of halogens is 1. The van der Waals surface area contributed by atoms with Crippen LogP contribution in [0.5, 0.6) is 0 Å². The number of carbonyl (C=O) groups excluding carboxylic acids is 1. The number of rotatable bonds is 6. The number of carbonyl (C=O) groups is 2. The number of nitrogens with one attached hydrogen (secondary N) is 2. The lowest BCUT2D eigenvalue weighted by Crippen LogP contribution is -2.39. The van der Waals surface area contributed by atoms with Gasteiger partial charge in [-0.1, -0.05) is 24.3 Å². The van der Waals surface area contributed by atoms with Crippen LogP contribution < -0.4 is 5.32 Å². The molecule has 2 aromatic heterocycles. The number of aryl methyl sites for hydroxylation is 1. The summed E-state index contributed by atoms with van der Waals surface area (Å²) >= 11 is 3.79. The number of nitrogens with zero attached hydrogens (tertiary/aromatic N) is 4. The second kappa shape index (κ2) is 8.24. The quantitative estimate of drug-likeness (QED) is 0.301. The largest absolute Gasteiger partial charge is 0.480 e. The van der Waals surface area contributed by atoms with Crippen molar-refractivity contribution in [2.24, 2.45) is 0 Å². The van der Waals surface area contributed by atoms with Gasteiger partial charge in [0.1, 0.15) is 12.6 Å². The van der Waals surface area contributed by atoms with E-state index in [-0.39, 0.29) is 6.61 Å². The Hall–Kier alpha value is -3.73. The van der Waals surface area contributed by atoms with Gasteiger partial charge in [0, 0.05) is 22.0 Å². The van der Waals surface area contributed by atoms with Crippen LogP contribution in [-0.4, -0.2) is 55.0 Å². The van der Waals surface area contributed by atoms with Crippen molar-refractivity contribution in [3.05, 3.63) is 40.4 Å². The fourth-order valence-corrected chi connectivity index (χ4v) is 5.02. The molecular weight excluding hydrogens is 504 g/mol. The zero-order valence-corrected chi connectivity index (χ0v) is 20.2. The van der Waals surface area contributed by atoms with Crippen LogP contribution in [0.2, 0.25) is 0 Å². The van der Waals surface area contributed by atoms with Crippen LogP contribution in [-0.2, 0) is 9.53 Å². The molecule has 1 aliphatic carbocycles. The number of carboxylic acids is 1. The summed E-state index contributed by atoms with van der Waals surface area (Å²) in [6.07, 6.45) is -0.819. The van der Waals surface area contributed by atoms with Crippen LogP contribution in [0.1, 0.15) is 25.5 Å². The average Bonchev–Trinajstić information content (AvgIpc) is 3.40. The minimum absolute atomic E-state index is 0.0435. The van der Waals surface area contributed by atoms with E-state index >= 15 is 0 Å². The van der Waals surface area contributed by atoms with E-state index in [9.17, 15) is 9.59 Å². The van der Waals surface area contributed by atoms with Gasteiger partial charge >= 0.3 is 12.1 Å². The summed E-state index contributed by atoms with van der Waals surface area (Å²) in [4.78, 5) is 26.4. The highest BCUT2D eigenvalue weighted by Gasteiger charge is 2.29. The van der Waals surface area contributed by atoms with Crippen LogP contribution in [0.3, 0.4) is 0 Å². The lowest BCUT2D eigenvalue weighted by Gasteiger charge is -2.19. The fraction of sp³-hybridized carbons (Fsp3) is 0.261. The normalized spacial score (nSPS) is 13.5. The van der Waals surface area contributed by atoms with Gasteiger partial charge in [-0.25, -0.2) is 9.48 Å². The van der Waals surface area contributed by atoms with E-state index in [0.717, 1.165) is 48.9 Å². The summed E-state index contributed by atoms with van der Waals surface area (Å²) in [5.74, 6) is -0.605. The highest BCUT2D eigenvalue weighted by molar-refractivity contribution is 9.10. The molecule has 4 aromatic rings. The van der Waals surface area contributed by atoms with Crippen molar-refractivity contribution >= 4 is 38.9 Å². The van der Waals surface area contributed by atoms with Crippen molar-refractivity contribution in [1.29, 1.82) is 0 Å². The van der Waals surface area contributed by atoms with Gasteiger partial charge in [0.2, 0.25) is 0 Å². The maximum absolute atomic E-state index is 12.0. The SMILES string of the molecule is Cc1ccc2[nH]c3c(Br)c2c1-c1cccc-3c1-c1nnnn1C(C)COC(=O)N[C@@H](C)C(=O)O. The maximum Gasteiger partial charge on any atom is 0.407 e. The molecule has 0 radical (unpaired) electrons. The zero-order chi connectivity index (χ0) is 24.1. The number of fused-ring (bicyclic) bond motifs is 5. The molecule has 0 aliphatic heterocycles. The molecule has 5 rings (SSSR count). The summed E-state index contributed by atoms with van der Waals surface area (Å²) in [6.45, 7) is 5.21. The number of tetrazole rings is 1. The Morgan fingerprint density at radius 1 is 1.21 bits per heavy atom. The maximum atomic E-state index is 12.0. The molecule has 10 nitrogen and oxygen atoms in total. The molecule has 2 atom stereocenters. The molecule has 1 amide bonds. The molecule has 0 spiro atoms. The van der Waals surface area contributed by atoms with Crippen LogP contribution in [0.4, 0.5) is 4.79 Å². The van der Waals surface area contributed by atoms with E-state index in [1.807, 2.05) is 19.1 Å². The minimum Gasteiger partial charge on any atom is -0.480 e. The Balaban J connectivity index is 1.53. The van der Waals surface area contributed by atoms with E-state index in [2.05, 4.69) is 66.9 Å². The highest BCUT2D eigenvalue weighted by atomic mass is 79.9. The number of benzene rings is 2. The molecule has 1 aliphatic rings. The van der Waals surface area contributed by atoms with Crippen molar-refractivity contribution in [3.8, 4) is 33.8 Å². The Kier molecular flexibility index (Phi) is 5.35. The molecule has 0 saturated carbocycles. The summed E-state index contributed by atoms with van der Waals surface area (Å²) < 4.78 is 7.84. The van der Waals surface area contributed by atoms with Crippen LogP contribution >= 0.6 is 15.9 Å². The molecule has 0 fully saturated rings. The molecular formula is C23H21BrN6O4.